The quantitative estimate of drug-likeness (QED) is 0.844. The van der Waals surface area contributed by atoms with Crippen LogP contribution in [0.25, 0.3) is 10.2 Å². The molecule has 3 heterocycles. The molecule has 1 aliphatic rings. The minimum absolute atomic E-state index is 0. The molecule has 4 nitrogen and oxygen atoms in total. The van der Waals surface area contributed by atoms with Crippen molar-refractivity contribution in [2.24, 2.45) is 0 Å². The minimum Gasteiger partial charge on any atom is -0.335 e. The monoisotopic (exact) mass is 365 g/mol. The summed E-state index contributed by atoms with van der Waals surface area (Å²) in [7, 11) is 0. The zero-order valence-electron chi connectivity index (χ0n) is 12.2. The van der Waals surface area contributed by atoms with Gasteiger partial charge in [-0.3, -0.25) is 4.79 Å². The number of rotatable bonds is 1. The number of piperazine rings is 1. The number of fused-ring (bicyclic) bond motifs is 1. The molecule has 2 aromatic heterocycles. The van der Waals surface area contributed by atoms with Crippen molar-refractivity contribution in [3.63, 3.8) is 0 Å². The first-order valence-electron chi connectivity index (χ1n) is 6.85. The van der Waals surface area contributed by atoms with Crippen molar-refractivity contribution >= 4 is 39.9 Å². The van der Waals surface area contributed by atoms with Gasteiger partial charge in [-0.05, 0) is 24.6 Å². The predicted octanol–water partition coefficient (Wildman–Crippen LogP) is 3.09. The number of aryl methyl sites for hydroxylation is 1. The summed E-state index contributed by atoms with van der Waals surface area (Å²) in [4.78, 5) is 18.6. The first kappa shape index (κ1) is 18.0. The molecule has 1 aliphatic heterocycles. The van der Waals surface area contributed by atoms with Crippen molar-refractivity contribution in [1.82, 2.24) is 15.2 Å². The van der Waals surface area contributed by atoms with Gasteiger partial charge in [0.15, 0.2) is 0 Å². The highest BCUT2D eigenvalue weighted by molar-refractivity contribution is 7.20. The second-order valence-corrected chi connectivity index (χ2v) is 6.14. The highest BCUT2D eigenvalue weighted by Gasteiger charge is 2.33. The van der Waals surface area contributed by atoms with E-state index in [0.29, 0.717) is 28.9 Å². The summed E-state index contributed by atoms with van der Waals surface area (Å²) in [5.41, 5.74) is -0.229. The van der Waals surface area contributed by atoms with Crippen LogP contribution in [-0.2, 0) is 6.18 Å². The summed E-state index contributed by atoms with van der Waals surface area (Å²) in [6.07, 6.45) is -4.48. The van der Waals surface area contributed by atoms with E-state index in [0.717, 1.165) is 30.5 Å². The lowest BCUT2D eigenvalue weighted by Crippen LogP contribution is -2.46. The molecule has 0 aromatic carbocycles. The van der Waals surface area contributed by atoms with Gasteiger partial charge in [0.05, 0.1) is 4.88 Å². The lowest BCUT2D eigenvalue weighted by atomic mass is 10.1. The van der Waals surface area contributed by atoms with Crippen molar-refractivity contribution in [2.45, 2.75) is 13.1 Å². The van der Waals surface area contributed by atoms with Crippen molar-refractivity contribution in [1.29, 1.82) is 0 Å². The Labute approximate surface area is 141 Å². The highest BCUT2D eigenvalue weighted by Crippen LogP contribution is 2.34. The Morgan fingerprint density at radius 1 is 1.30 bits per heavy atom. The fourth-order valence-corrected chi connectivity index (χ4v) is 3.62. The molecule has 9 heteroatoms. The Bertz CT molecular complexity index is 726. The molecule has 0 saturated carbocycles. The number of alkyl halides is 3. The van der Waals surface area contributed by atoms with E-state index >= 15 is 0 Å². The smallest absolute Gasteiger partial charge is 0.335 e. The maximum atomic E-state index is 12.7. The second-order valence-electron chi connectivity index (χ2n) is 5.15. The van der Waals surface area contributed by atoms with Crippen LogP contribution in [0, 0.1) is 6.92 Å². The molecule has 0 spiro atoms. The average Bonchev–Trinajstić information content (AvgIpc) is 2.83. The summed E-state index contributed by atoms with van der Waals surface area (Å²) in [5, 5.41) is 3.77. The Hall–Kier alpha value is -1.38. The number of amides is 1. The summed E-state index contributed by atoms with van der Waals surface area (Å²) in [6.45, 7) is 4.42. The van der Waals surface area contributed by atoms with Crippen LogP contribution < -0.4 is 5.32 Å². The molecule has 1 amide bonds. The van der Waals surface area contributed by atoms with Crippen LogP contribution in [0.3, 0.4) is 0 Å². The van der Waals surface area contributed by atoms with E-state index in [1.165, 1.54) is 6.07 Å². The predicted molar refractivity (Wildman–Crippen MR) is 85.4 cm³/mol. The van der Waals surface area contributed by atoms with Gasteiger partial charge in [-0.25, -0.2) is 4.98 Å². The number of hydrogen-bond donors (Lipinski definition) is 1. The summed E-state index contributed by atoms with van der Waals surface area (Å²) in [5.74, 6) is -0.129. The first-order valence-corrected chi connectivity index (χ1v) is 7.67. The molecule has 1 saturated heterocycles. The number of hydrogen-bond acceptors (Lipinski definition) is 4. The Balaban J connectivity index is 0.00000192. The Morgan fingerprint density at radius 3 is 2.57 bits per heavy atom. The zero-order valence-corrected chi connectivity index (χ0v) is 13.9. The number of pyridine rings is 1. The SMILES string of the molecule is Cc1c(C(=O)N2CCNCC2)sc2nc(C(F)(F)F)ccc12.Cl. The van der Waals surface area contributed by atoms with E-state index in [1.54, 1.807) is 11.8 Å². The molecule has 0 atom stereocenters. The van der Waals surface area contributed by atoms with E-state index in [2.05, 4.69) is 10.3 Å². The highest BCUT2D eigenvalue weighted by atomic mass is 35.5. The van der Waals surface area contributed by atoms with Gasteiger partial charge < -0.3 is 10.2 Å². The van der Waals surface area contributed by atoms with Crippen LogP contribution >= 0.6 is 23.7 Å². The zero-order chi connectivity index (χ0) is 15.9. The first-order chi connectivity index (χ1) is 10.4. The van der Waals surface area contributed by atoms with Crippen LogP contribution in [0.4, 0.5) is 13.2 Å². The van der Waals surface area contributed by atoms with Crippen LogP contribution in [0.2, 0.25) is 0 Å². The number of halogens is 4. The molecular weight excluding hydrogens is 351 g/mol. The fourth-order valence-electron chi connectivity index (χ4n) is 2.47. The van der Waals surface area contributed by atoms with Gasteiger partial charge in [-0.15, -0.1) is 23.7 Å². The van der Waals surface area contributed by atoms with Gasteiger partial charge in [0.2, 0.25) is 0 Å². The third-order valence-corrected chi connectivity index (χ3v) is 4.88. The molecule has 3 rings (SSSR count). The van der Waals surface area contributed by atoms with Gasteiger partial charge in [-0.2, -0.15) is 13.2 Å². The van der Waals surface area contributed by atoms with Crippen molar-refractivity contribution in [3.05, 3.63) is 28.3 Å². The van der Waals surface area contributed by atoms with Gasteiger partial charge in [0.25, 0.3) is 5.91 Å². The minimum atomic E-state index is -4.48. The van der Waals surface area contributed by atoms with E-state index in [4.69, 9.17) is 0 Å². The second kappa shape index (κ2) is 6.62. The lowest BCUT2D eigenvalue weighted by molar-refractivity contribution is -0.140. The van der Waals surface area contributed by atoms with Crippen molar-refractivity contribution in [3.8, 4) is 0 Å². The third kappa shape index (κ3) is 3.44. The van der Waals surface area contributed by atoms with Gasteiger partial charge in [0, 0.05) is 31.6 Å². The normalized spacial score (nSPS) is 15.6. The molecule has 1 N–H and O–H groups in total. The van der Waals surface area contributed by atoms with Crippen LogP contribution in [0.15, 0.2) is 12.1 Å². The van der Waals surface area contributed by atoms with Crippen LogP contribution in [0.1, 0.15) is 20.9 Å². The summed E-state index contributed by atoms with van der Waals surface area (Å²) >= 11 is 1.03. The molecule has 126 valence electrons. The number of carbonyl (C=O) groups excluding carboxylic acids is 1. The third-order valence-electron chi connectivity index (χ3n) is 3.69. The molecule has 0 unspecified atom stereocenters. The van der Waals surface area contributed by atoms with E-state index < -0.39 is 11.9 Å². The molecule has 0 radical (unpaired) electrons. The van der Waals surface area contributed by atoms with E-state index in [-0.39, 0.29) is 23.1 Å². The van der Waals surface area contributed by atoms with Gasteiger partial charge >= 0.3 is 6.18 Å². The van der Waals surface area contributed by atoms with Crippen LogP contribution in [-0.4, -0.2) is 42.0 Å². The van der Waals surface area contributed by atoms with Gasteiger partial charge in [-0.1, -0.05) is 0 Å². The number of carbonyl (C=O) groups is 1. The summed E-state index contributed by atoms with van der Waals surface area (Å²) in [6, 6.07) is 2.35. The van der Waals surface area contributed by atoms with E-state index in [1.807, 2.05) is 0 Å². The Kier molecular flexibility index (Phi) is 5.17. The number of thiophene rings is 1. The molecule has 0 bridgehead atoms. The molecule has 1 fully saturated rings. The fraction of sp³-hybridized carbons (Fsp3) is 0.429. The summed E-state index contributed by atoms with van der Waals surface area (Å²) < 4.78 is 38.2. The molecule has 0 aliphatic carbocycles. The standard InChI is InChI=1S/C14H14F3N3OS.ClH/c1-8-9-2-3-10(14(15,16)17)19-12(9)22-11(8)13(21)20-6-4-18-5-7-20;/h2-3,18H,4-7H2,1H3;1H. The van der Waals surface area contributed by atoms with Crippen LogP contribution in [0.5, 0.6) is 0 Å². The number of aromatic nitrogens is 1. The average molecular weight is 366 g/mol. The largest absolute Gasteiger partial charge is 0.433 e. The molecule has 23 heavy (non-hydrogen) atoms. The van der Waals surface area contributed by atoms with Gasteiger partial charge in [0.1, 0.15) is 10.5 Å². The number of nitrogens with one attached hydrogen (secondary N) is 1. The maximum absolute atomic E-state index is 12.7. The Morgan fingerprint density at radius 2 is 1.96 bits per heavy atom. The topological polar surface area (TPSA) is 45.2 Å². The molecule has 2 aromatic rings. The molecular formula is C14H15ClF3N3OS. The number of nitrogens with zero attached hydrogens (tertiary/aromatic N) is 2. The lowest BCUT2D eigenvalue weighted by Gasteiger charge is -2.27. The van der Waals surface area contributed by atoms with Crippen molar-refractivity contribution in [2.75, 3.05) is 26.2 Å². The van der Waals surface area contributed by atoms with Crippen molar-refractivity contribution < 1.29 is 18.0 Å². The maximum Gasteiger partial charge on any atom is 0.433 e. The van der Waals surface area contributed by atoms with E-state index in [9.17, 15) is 18.0 Å².